The van der Waals surface area contributed by atoms with E-state index in [2.05, 4.69) is 50.4 Å². The van der Waals surface area contributed by atoms with E-state index in [1.165, 1.54) is 28.9 Å². The molecule has 1 fully saturated rings. The fourth-order valence-corrected chi connectivity index (χ4v) is 7.59. The molecular formula is C38H42N2O4S. The van der Waals surface area contributed by atoms with Crippen molar-refractivity contribution in [3.63, 3.8) is 0 Å². The van der Waals surface area contributed by atoms with Crippen molar-refractivity contribution in [2.24, 2.45) is 5.92 Å². The number of carbonyl (C=O) groups is 2. The number of fused-ring (bicyclic) bond motifs is 1. The molecule has 0 unspecified atom stereocenters. The van der Waals surface area contributed by atoms with Crippen LogP contribution in [0.4, 0.5) is 0 Å². The van der Waals surface area contributed by atoms with E-state index in [1.54, 1.807) is 17.4 Å². The van der Waals surface area contributed by atoms with Gasteiger partial charge < -0.3 is 15.2 Å². The molecule has 0 bridgehead atoms. The number of pyridine rings is 1. The topological polar surface area (TPSA) is 88.5 Å². The molecule has 2 aliphatic rings. The number of amides is 1. The Bertz CT molecular complexity index is 1720. The van der Waals surface area contributed by atoms with E-state index in [1.807, 2.05) is 36.4 Å². The maximum atomic E-state index is 13.5. The van der Waals surface area contributed by atoms with Crippen molar-refractivity contribution < 1.29 is 19.4 Å². The molecule has 6 nitrogen and oxygen atoms in total. The number of benzene rings is 2. The number of carboxylic acids is 1. The summed E-state index contributed by atoms with van der Waals surface area (Å²) in [6.07, 6.45) is 11.3. The van der Waals surface area contributed by atoms with Crippen molar-refractivity contribution in [1.29, 1.82) is 0 Å². The molecule has 234 valence electrons. The molecule has 2 aliphatic carbocycles. The molecule has 6 rings (SSSR count). The minimum absolute atomic E-state index is 0.0667. The minimum Gasteiger partial charge on any atom is -0.480 e. The largest absolute Gasteiger partial charge is 0.480 e. The molecule has 45 heavy (non-hydrogen) atoms. The fraction of sp³-hybridized carbons (Fsp3) is 0.395. The summed E-state index contributed by atoms with van der Waals surface area (Å²) in [5, 5.41) is 14.6. The van der Waals surface area contributed by atoms with Crippen LogP contribution in [0, 0.1) is 5.92 Å². The molecule has 2 heterocycles. The van der Waals surface area contributed by atoms with Gasteiger partial charge in [-0.1, -0.05) is 70.7 Å². The summed E-state index contributed by atoms with van der Waals surface area (Å²) in [7, 11) is 0. The molecule has 1 atom stereocenters. The molecule has 1 saturated carbocycles. The zero-order chi connectivity index (χ0) is 31.6. The Morgan fingerprint density at radius 3 is 2.44 bits per heavy atom. The average molecular weight is 623 g/mol. The lowest BCUT2D eigenvalue weighted by molar-refractivity contribution is -0.139. The molecule has 0 saturated heterocycles. The fourth-order valence-electron chi connectivity index (χ4n) is 6.47. The molecule has 2 aromatic heterocycles. The quantitative estimate of drug-likeness (QED) is 0.184. The van der Waals surface area contributed by atoms with E-state index in [0.717, 1.165) is 65.6 Å². The summed E-state index contributed by atoms with van der Waals surface area (Å²) in [5.41, 5.74) is 3.75. The lowest BCUT2D eigenvalue weighted by atomic mass is 9.87. The summed E-state index contributed by atoms with van der Waals surface area (Å²) in [6.45, 7) is 6.57. The minimum atomic E-state index is -1.05. The Labute approximate surface area is 269 Å². The predicted octanol–water partition coefficient (Wildman–Crippen LogP) is 9.11. The Kier molecular flexibility index (Phi) is 9.09. The molecule has 0 aliphatic heterocycles. The van der Waals surface area contributed by atoms with Gasteiger partial charge in [-0.25, -0.2) is 9.78 Å². The molecule has 1 amide bonds. The highest BCUT2D eigenvalue weighted by Crippen LogP contribution is 2.35. The zero-order valence-electron chi connectivity index (χ0n) is 26.4. The maximum absolute atomic E-state index is 13.5. The maximum Gasteiger partial charge on any atom is 0.326 e. The van der Waals surface area contributed by atoms with E-state index >= 15 is 0 Å². The highest BCUT2D eigenvalue weighted by Gasteiger charge is 2.25. The second-order valence-corrected chi connectivity index (χ2v) is 14.7. The Morgan fingerprint density at radius 2 is 1.76 bits per heavy atom. The number of hydrogen-bond donors (Lipinski definition) is 2. The van der Waals surface area contributed by atoms with Crippen LogP contribution in [0.2, 0.25) is 0 Å². The number of allylic oxidation sites excluding steroid dienone is 2. The average Bonchev–Trinajstić information content (AvgIpc) is 3.80. The first-order chi connectivity index (χ1) is 21.6. The van der Waals surface area contributed by atoms with Crippen LogP contribution >= 0.6 is 11.3 Å². The molecule has 2 aromatic carbocycles. The van der Waals surface area contributed by atoms with Gasteiger partial charge in [0.05, 0.1) is 0 Å². The molecule has 4 aromatic rings. The van der Waals surface area contributed by atoms with Crippen LogP contribution in [0.5, 0.6) is 11.5 Å². The van der Waals surface area contributed by atoms with Gasteiger partial charge in [0.2, 0.25) is 0 Å². The third kappa shape index (κ3) is 7.47. The second kappa shape index (κ2) is 13.2. The first-order valence-corrected chi connectivity index (χ1v) is 17.0. The Balaban J connectivity index is 1.24. The van der Waals surface area contributed by atoms with E-state index in [9.17, 15) is 14.7 Å². The number of carbonyl (C=O) groups excluding carboxylic acids is 1. The van der Waals surface area contributed by atoms with E-state index in [4.69, 9.17) is 9.72 Å². The third-order valence-corrected chi connectivity index (χ3v) is 10.2. The summed E-state index contributed by atoms with van der Waals surface area (Å²) in [6, 6.07) is 18.9. The van der Waals surface area contributed by atoms with Gasteiger partial charge in [0.15, 0.2) is 0 Å². The highest BCUT2D eigenvalue weighted by atomic mass is 32.1. The normalized spacial score (nSPS) is 16.1. The number of aromatic nitrogens is 1. The SMILES string of the molecule is CC(C)(C)c1ccc(Oc2ccc3cc(C(=O)N[C@@H](Cc4ccc(C5=CCCC5)s4)C(=O)O)nc(CC4CCCC4)c3c2)cc1. The van der Waals surface area contributed by atoms with Crippen molar-refractivity contribution in [3.05, 3.63) is 93.4 Å². The van der Waals surface area contributed by atoms with E-state index in [0.29, 0.717) is 11.7 Å². The number of nitrogens with one attached hydrogen (secondary N) is 1. The van der Waals surface area contributed by atoms with Crippen LogP contribution in [-0.2, 0) is 23.1 Å². The number of ether oxygens (including phenoxy) is 1. The van der Waals surface area contributed by atoms with Gasteiger partial charge in [-0.2, -0.15) is 0 Å². The zero-order valence-corrected chi connectivity index (χ0v) is 27.2. The van der Waals surface area contributed by atoms with Crippen LogP contribution in [0.15, 0.2) is 66.7 Å². The summed E-state index contributed by atoms with van der Waals surface area (Å²) in [4.78, 5) is 32.8. The van der Waals surface area contributed by atoms with Gasteiger partial charge in [0.1, 0.15) is 23.2 Å². The Hall–Kier alpha value is -3.97. The third-order valence-electron chi connectivity index (χ3n) is 9.06. The van der Waals surface area contributed by atoms with Crippen molar-refractivity contribution >= 4 is 39.6 Å². The van der Waals surface area contributed by atoms with Gasteiger partial charge in [0.25, 0.3) is 5.91 Å². The lowest BCUT2D eigenvalue weighted by Crippen LogP contribution is -2.42. The van der Waals surface area contributed by atoms with Gasteiger partial charge >= 0.3 is 5.97 Å². The van der Waals surface area contributed by atoms with Crippen molar-refractivity contribution in [3.8, 4) is 11.5 Å². The van der Waals surface area contributed by atoms with Crippen LogP contribution in [0.3, 0.4) is 0 Å². The van der Waals surface area contributed by atoms with Gasteiger partial charge in [-0.3, -0.25) is 4.79 Å². The van der Waals surface area contributed by atoms with Crippen molar-refractivity contribution in [1.82, 2.24) is 10.3 Å². The summed E-state index contributed by atoms with van der Waals surface area (Å²) in [5.74, 6) is 0.478. The monoisotopic (exact) mass is 622 g/mol. The number of thiophene rings is 1. The predicted molar refractivity (Wildman–Crippen MR) is 181 cm³/mol. The van der Waals surface area contributed by atoms with Gasteiger partial charge in [0, 0.05) is 27.3 Å². The highest BCUT2D eigenvalue weighted by molar-refractivity contribution is 7.13. The molecule has 2 N–H and O–H groups in total. The number of hydrogen-bond acceptors (Lipinski definition) is 5. The molecule has 7 heteroatoms. The molecule has 0 radical (unpaired) electrons. The standard InChI is InChI=1S/C38H42N2O4S/c1-38(2,3)27-13-16-28(17-14-27)44-29-15-12-26-21-33(39-32(31(26)22-29)20-24-8-4-5-9-24)36(41)40-34(37(42)43)23-30-18-19-35(45-30)25-10-6-7-11-25/h10,12-19,21-22,24,34H,4-9,11,20,23H2,1-3H3,(H,40,41)(H,42,43)/t34-/m0/s1. The smallest absolute Gasteiger partial charge is 0.326 e. The van der Waals surface area contributed by atoms with Crippen molar-refractivity contribution in [2.75, 3.05) is 0 Å². The first-order valence-electron chi connectivity index (χ1n) is 16.2. The number of nitrogens with zero attached hydrogens (tertiary/aromatic N) is 1. The molecular weight excluding hydrogens is 580 g/mol. The number of rotatable bonds is 10. The van der Waals surface area contributed by atoms with Crippen molar-refractivity contribution in [2.45, 2.75) is 90.0 Å². The second-order valence-electron chi connectivity index (χ2n) is 13.5. The Morgan fingerprint density at radius 1 is 1.00 bits per heavy atom. The van der Waals surface area contributed by atoms with E-state index < -0.39 is 17.9 Å². The summed E-state index contributed by atoms with van der Waals surface area (Å²) >= 11 is 1.61. The van der Waals surface area contributed by atoms with Crippen LogP contribution < -0.4 is 10.1 Å². The first kappa shape index (κ1) is 31.0. The lowest BCUT2D eigenvalue weighted by Gasteiger charge is -2.19. The van der Waals surface area contributed by atoms with Crippen LogP contribution in [-0.4, -0.2) is 28.0 Å². The van der Waals surface area contributed by atoms with Crippen LogP contribution in [0.1, 0.15) is 97.2 Å². The van der Waals surface area contributed by atoms with E-state index in [-0.39, 0.29) is 17.5 Å². The molecule has 0 spiro atoms. The van der Waals surface area contributed by atoms with Gasteiger partial charge in [-0.15, -0.1) is 11.3 Å². The van der Waals surface area contributed by atoms with Gasteiger partial charge in [-0.05, 0) is 96.0 Å². The summed E-state index contributed by atoms with van der Waals surface area (Å²) < 4.78 is 6.25. The number of carboxylic acid groups (broad SMARTS) is 1. The van der Waals surface area contributed by atoms with Crippen LogP contribution in [0.25, 0.3) is 16.3 Å². The number of aliphatic carboxylic acids is 1.